The van der Waals surface area contributed by atoms with Crippen LogP contribution in [0.3, 0.4) is 0 Å². The fourth-order valence-corrected chi connectivity index (χ4v) is 1.92. The normalized spacial score (nSPS) is 10.1. The number of nitrogens with one attached hydrogen (secondary N) is 1. The van der Waals surface area contributed by atoms with E-state index in [1.807, 2.05) is 30.3 Å². The highest BCUT2D eigenvalue weighted by molar-refractivity contribution is 5.92. The van der Waals surface area contributed by atoms with Crippen molar-refractivity contribution in [2.75, 3.05) is 5.32 Å². The molecule has 20 heavy (non-hydrogen) atoms. The van der Waals surface area contributed by atoms with Gasteiger partial charge in [-0.3, -0.25) is 14.9 Å². The highest BCUT2D eigenvalue weighted by Gasteiger charge is 2.11. The minimum absolute atomic E-state index is 0.0473. The minimum atomic E-state index is -0.440. The number of aryl methyl sites for hydroxylation is 1. The average molecular weight is 270 g/mol. The van der Waals surface area contributed by atoms with Crippen molar-refractivity contribution >= 4 is 17.3 Å². The third-order valence-electron chi connectivity index (χ3n) is 2.88. The number of hydrogen-bond donors (Lipinski definition) is 1. The molecule has 1 amide bonds. The molecule has 5 heteroatoms. The zero-order valence-electron chi connectivity index (χ0n) is 11.0. The first kappa shape index (κ1) is 13.7. The molecule has 0 saturated heterocycles. The maximum atomic E-state index is 11.9. The molecule has 102 valence electrons. The second kappa shape index (κ2) is 5.97. The van der Waals surface area contributed by atoms with Crippen molar-refractivity contribution in [2.45, 2.75) is 13.3 Å². The number of amides is 1. The second-order valence-corrected chi connectivity index (χ2v) is 4.47. The SMILES string of the molecule is Cc1cc(NC(=O)Cc2ccccc2)ccc1[N+](=O)[O-]. The number of rotatable bonds is 4. The van der Waals surface area contributed by atoms with Crippen LogP contribution >= 0.6 is 0 Å². The molecule has 2 rings (SSSR count). The molecule has 0 aromatic heterocycles. The van der Waals surface area contributed by atoms with Gasteiger partial charge in [0, 0.05) is 17.3 Å². The maximum Gasteiger partial charge on any atom is 0.272 e. The van der Waals surface area contributed by atoms with Gasteiger partial charge in [-0.1, -0.05) is 30.3 Å². The Labute approximate surface area is 116 Å². The fraction of sp³-hybridized carbons (Fsp3) is 0.133. The smallest absolute Gasteiger partial charge is 0.272 e. The van der Waals surface area contributed by atoms with Gasteiger partial charge in [0.2, 0.25) is 5.91 Å². The standard InChI is InChI=1S/C15H14N2O3/c1-11-9-13(7-8-14(11)17(19)20)16-15(18)10-12-5-3-2-4-6-12/h2-9H,10H2,1H3,(H,16,18). The molecule has 0 fully saturated rings. The molecule has 1 N–H and O–H groups in total. The van der Waals surface area contributed by atoms with Crippen LogP contribution in [0.25, 0.3) is 0 Å². The molecule has 0 aliphatic rings. The number of carbonyl (C=O) groups excluding carboxylic acids is 1. The molecule has 0 atom stereocenters. The van der Waals surface area contributed by atoms with E-state index < -0.39 is 4.92 Å². The fourth-order valence-electron chi connectivity index (χ4n) is 1.92. The van der Waals surface area contributed by atoms with Gasteiger partial charge < -0.3 is 5.32 Å². The lowest BCUT2D eigenvalue weighted by atomic mass is 10.1. The summed E-state index contributed by atoms with van der Waals surface area (Å²) in [6.07, 6.45) is 0.275. The Bertz CT molecular complexity index is 639. The van der Waals surface area contributed by atoms with E-state index in [2.05, 4.69) is 5.32 Å². The van der Waals surface area contributed by atoms with E-state index >= 15 is 0 Å². The summed E-state index contributed by atoms with van der Waals surface area (Å²) in [5.41, 5.74) is 2.05. The second-order valence-electron chi connectivity index (χ2n) is 4.47. The Morgan fingerprint density at radius 1 is 1.20 bits per heavy atom. The number of benzene rings is 2. The number of nitro benzene ring substituents is 1. The quantitative estimate of drug-likeness (QED) is 0.685. The Kier molecular flexibility index (Phi) is 4.10. The van der Waals surface area contributed by atoms with Gasteiger partial charge in [0.25, 0.3) is 5.69 Å². The van der Waals surface area contributed by atoms with E-state index in [0.717, 1.165) is 5.56 Å². The maximum absolute atomic E-state index is 11.9. The van der Waals surface area contributed by atoms with Crippen molar-refractivity contribution in [3.63, 3.8) is 0 Å². The highest BCUT2D eigenvalue weighted by atomic mass is 16.6. The number of nitro groups is 1. The Balaban J connectivity index is 2.05. The van der Waals surface area contributed by atoms with Gasteiger partial charge in [0.1, 0.15) is 0 Å². The number of hydrogen-bond acceptors (Lipinski definition) is 3. The molecule has 0 unspecified atom stereocenters. The lowest BCUT2D eigenvalue weighted by Gasteiger charge is -2.06. The van der Waals surface area contributed by atoms with Crippen molar-refractivity contribution < 1.29 is 9.72 Å². The largest absolute Gasteiger partial charge is 0.326 e. The van der Waals surface area contributed by atoms with Gasteiger partial charge in [0.05, 0.1) is 11.3 Å². The molecular weight excluding hydrogens is 256 g/mol. The first-order valence-electron chi connectivity index (χ1n) is 6.15. The van der Waals surface area contributed by atoms with Crippen LogP contribution in [-0.2, 0) is 11.2 Å². The summed E-state index contributed by atoms with van der Waals surface area (Å²) in [6, 6.07) is 13.9. The van der Waals surface area contributed by atoms with Crippen LogP contribution in [0, 0.1) is 17.0 Å². The van der Waals surface area contributed by atoms with Gasteiger partial charge >= 0.3 is 0 Å². The van der Waals surface area contributed by atoms with Crippen LogP contribution in [-0.4, -0.2) is 10.8 Å². The predicted molar refractivity (Wildman–Crippen MR) is 76.6 cm³/mol. The first-order chi connectivity index (χ1) is 9.56. The summed E-state index contributed by atoms with van der Waals surface area (Å²) in [4.78, 5) is 22.1. The Morgan fingerprint density at radius 3 is 2.50 bits per heavy atom. The molecule has 0 aliphatic carbocycles. The molecule has 0 bridgehead atoms. The van der Waals surface area contributed by atoms with Gasteiger partial charge in [0.15, 0.2) is 0 Å². The van der Waals surface area contributed by atoms with Crippen molar-refractivity contribution in [1.29, 1.82) is 0 Å². The number of anilines is 1. The van der Waals surface area contributed by atoms with E-state index in [0.29, 0.717) is 11.3 Å². The van der Waals surface area contributed by atoms with Crippen LogP contribution in [0.1, 0.15) is 11.1 Å². The summed E-state index contributed by atoms with van der Waals surface area (Å²) in [5.74, 6) is -0.149. The first-order valence-corrected chi connectivity index (χ1v) is 6.15. The molecule has 0 aliphatic heterocycles. The summed E-state index contributed by atoms with van der Waals surface area (Å²) in [6.45, 7) is 1.64. The topological polar surface area (TPSA) is 72.2 Å². The third kappa shape index (κ3) is 3.41. The minimum Gasteiger partial charge on any atom is -0.326 e. The van der Waals surface area contributed by atoms with E-state index in [4.69, 9.17) is 0 Å². The van der Waals surface area contributed by atoms with E-state index in [-0.39, 0.29) is 18.0 Å². The lowest BCUT2D eigenvalue weighted by molar-refractivity contribution is -0.385. The van der Waals surface area contributed by atoms with E-state index in [9.17, 15) is 14.9 Å². The summed E-state index contributed by atoms with van der Waals surface area (Å²) >= 11 is 0. The molecule has 0 spiro atoms. The molecule has 0 radical (unpaired) electrons. The summed E-state index contributed by atoms with van der Waals surface area (Å²) < 4.78 is 0. The zero-order valence-corrected chi connectivity index (χ0v) is 11.0. The zero-order chi connectivity index (χ0) is 14.5. The third-order valence-corrected chi connectivity index (χ3v) is 2.88. The number of carbonyl (C=O) groups is 1. The van der Waals surface area contributed by atoms with Crippen LogP contribution in [0.5, 0.6) is 0 Å². The van der Waals surface area contributed by atoms with Crippen LogP contribution in [0.15, 0.2) is 48.5 Å². The number of nitrogens with zero attached hydrogens (tertiary/aromatic N) is 1. The summed E-state index contributed by atoms with van der Waals surface area (Å²) in [5, 5.41) is 13.5. The molecule has 2 aromatic rings. The van der Waals surface area contributed by atoms with Gasteiger partial charge in [-0.25, -0.2) is 0 Å². The molecule has 0 heterocycles. The molecule has 5 nitrogen and oxygen atoms in total. The molecular formula is C15H14N2O3. The van der Waals surface area contributed by atoms with Crippen molar-refractivity contribution in [3.05, 3.63) is 69.8 Å². The van der Waals surface area contributed by atoms with E-state index in [1.165, 1.54) is 12.1 Å². The Morgan fingerprint density at radius 2 is 1.90 bits per heavy atom. The molecule has 0 saturated carbocycles. The van der Waals surface area contributed by atoms with Crippen molar-refractivity contribution in [2.24, 2.45) is 0 Å². The van der Waals surface area contributed by atoms with Gasteiger partial charge in [-0.15, -0.1) is 0 Å². The lowest BCUT2D eigenvalue weighted by Crippen LogP contribution is -2.14. The van der Waals surface area contributed by atoms with Crippen molar-refractivity contribution in [1.82, 2.24) is 0 Å². The van der Waals surface area contributed by atoms with Crippen LogP contribution in [0.4, 0.5) is 11.4 Å². The summed E-state index contributed by atoms with van der Waals surface area (Å²) in [7, 11) is 0. The van der Waals surface area contributed by atoms with Crippen LogP contribution in [0.2, 0.25) is 0 Å². The van der Waals surface area contributed by atoms with Crippen LogP contribution < -0.4 is 5.32 Å². The van der Waals surface area contributed by atoms with Gasteiger partial charge in [-0.2, -0.15) is 0 Å². The molecule has 2 aromatic carbocycles. The van der Waals surface area contributed by atoms with E-state index in [1.54, 1.807) is 13.0 Å². The average Bonchev–Trinajstić information content (AvgIpc) is 2.39. The highest BCUT2D eigenvalue weighted by Crippen LogP contribution is 2.21. The Hall–Kier alpha value is -2.69. The van der Waals surface area contributed by atoms with Crippen molar-refractivity contribution in [3.8, 4) is 0 Å². The monoisotopic (exact) mass is 270 g/mol. The van der Waals surface area contributed by atoms with Gasteiger partial charge in [-0.05, 0) is 24.6 Å². The predicted octanol–water partition coefficient (Wildman–Crippen LogP) is 3.08.